The zero-order valence-corrected chi connectivity index (χ0v) is 14.3. The predicted molar refractivity (Wildman–Crippen MR) is 97.7 cm³/mol. The van der Waals surface area contributed by atoms with E-state index in [4.69, 9.17) is 4.74 Å². The topological polar surface area (TPSA) is 34.5 Å². The van der Waals surface area contributed by atoms with Crippen molar-refractivity contribution in [3.8, 4) is 0 Å². The smallest absolute Gasteiger partial charge is 0.339 e. The number of carbonyl (C=O) groups excluding carboxylic acids is 1. The Balaban J connectivity index is 2.10. The molecule has 0 bridgehead atoms. The normalized spacial score (nSPS) is 14.4. The van der Waals surface area contributed by atoms with Gasteiger partial charge in [0.05, 0.1) is 18.4 Å². The lowest BCUT2D eigenvalue weighted by atomic mass is 9.96. The molecule has 124 valence electrons. The van der Waals surface area contributed by atoms with Gasteiger partial charge < -0.3 is 14.2 Å². The van der Waals surface area contributed by atoms with Crippen LogP contribution < -0.4 is 0 Å². The minimum Gasteiger partial charge on any atom is -0.465 e. The molecule has 1 aliphatic rings. The summed E-state index contributed by atoms with van der Waals surface area (Å²) in [6, 6.07) is 10.2. The van der Waals surface area contributed by atoms with Crippen molar-refractivity contribution in [1.82, 2.24) is 9.47 Å². The van der Waals surface area contributed by atoms with E-state index in [1.54, 1.807) is 0 Å². The predicted octanol–water partition coefficient (Wildman–Crippen LogP) is 3.60. The summed E-state index contributed by atoms with van der Waals surface area (Å²) >= 11 is 0. The van der Waals surface area contributed by atoms with Crippen LogP contribution >= 0.6 is 0 Å². The van der Waals surface area contributed by atoms with Crippen LogP contribution in [0.5, 0.6) is 0 Å². The van der Waals surface area contributed by atoms with Gasteiger partial charge in [0.2, 0.25) is 0 Å². The maximum Gasteiger partial charge on any atom is 0.339 e. The minimum absolute atomic E-state index is 0.315. The molecule has 3 rings (SSSR count). The zero-order valence-electron chi connectivity index (χ0n) is 14.3. The third kappa shape index (κ3) is 3.19. The van der Waals surface area contributed by atoms with Gasteiger partial charge in [0.25, 0.3) is 0 Å². The largest absolute Gasteiger partial charge is 0.465 e. The average Bonchev–Trinajstić information content (AvgIpc) is 2.94. The number of benzene rings is 1. The van der Waals surface area contributed by atoms with Gasteiger partial charge in [0.1, 0.15) is 0 Å². The van der Waals surface area contributed by atoms with Gasteiger partial charge in [-0.3, -0.25) is 0 Å². The molecule has 24 heavy (non-hydrogen) atoms. The molecule has 1 aromatic heterocycles. The molecule has 0 radical (unpaired) electrons. The van der Waals surface area contributed by atoms with Crippen molar-refractivity contribution in [2.24, 2.45) is 0 Å². The van der Waals surface area contributed by atoms with Crippen molar-refractivity contribution < 1.29 is 9.53 Å². The standard InChI is InChI=1S/C20H22N2O2/c1-21(2)11-6-9-18-17-8-5-4-7-15(17)10-12-22-14-16(13-19(18)22)20(23)24-3/h4-5,7-10,12-14H,6,11H2,1-3H3. The van der Waals surface area contributed by atoms with Gasteiger partial charge >= 0.3 is 5.97 Å². The highest BCUT2D eigenvalue weighted by Gasteiger charge is 2.18. The van der Waals surface area contributed by atoms with E-state index in [0.29, 0.717) is 5.56 Å². The quantitative estimate of drug-likeness (QED) is 0.688. The van der Waals surface area contributed by atoms with Gasteiger partial charge in [-0.15, -0.1) is 0 Å². The Bertz CT molecular complexity index is 813. The van der Waals surface area contributed by atoms with Crippen LogP contribution in [0.3, 0.4) is 0 Å². The maximum atomic E-state index is 11.9. The highest BCUT2D eigenvalue weighted by atomic mass is 16.5. The highest BCUT2D eigenvalue weighted by Crippen LogP contribution is 2.32. The van der Waals surface area contributed by atoms with Crippen LogP contribution in [-0.2, 0) is 4.74 Å². The summed E-state index contributed by atoms with van der Waals surface area (Å²) in [6.07, 6.45) is 9.08. The van der Waals surface area contributed by atoms with Gasteiger partial charge in [-0.05, 0) is 43.8 Å². The first-order valence-corrected chi connectivity index (χ1v) is 8.03. The van der Waals surface area contributed by atoms with E-state index < -0.39 is 0 Å². The maximum absolute atomic E-state index is 11.9. The fourth-order valence-electron chi connectivity index (χ4n) is 2.92. The first-order chi connectivity index (χ1) is 11.6. The first kappa shape index (κ1) is 16.3. The lowest BCUT2D eigenvalue weighted by molar-refractivity contribution is 0.0601. The van der Waals surface area contributed by atoms with Gasteiger partial charge in [-0.25, -0.2) is 4.79 Å². The number of hydrogen-bond donors (Lipinski definition) is 0. The van der Waals surface area contributed by atoms with E-state index in [0.717, 1.165) is 24.2 Å². The number of nitrogens with zero attached hydrogens (tertiary/aromatic N) is 2. The van der Waals surface area contributed by atoms with Crippen molar-refractivity contribution in [2.75, 3.05) is 27.7 Å². The van der Waals surface area contributed by atoms with Crippen LogP contribution in [0.15, 0.2) is 42.6 Å². The Kier molecular flexibility index (Phi) is 4.67. The molecule has 0 N–H and O–H groups in total. The molecule has 1 aromatic carbocycles. The Morgan fingerprint density at radius 2 is 2.08 bits per heavy atom. The molecule has 0 atom stereocenters. The first-order valence-electron chi connectivity index (χ1n) is 8.03. The number of aromatic nitrogens is 1. The third-order valence-corrected chi connectivity index (χ3v) is 4.14. The van der Waals surface area contributed by atoms with Crippen molar-refractivity contribution in [2.45, 2.75) is 6.42 Å². The van der Waals surface area contributed by atoms with Crippen LogP contribution in [0.1, 0.15) is 33.6 Å². The van der Waals surface area contributed by atoms with Crippen molar-refractivity contribution >= 4 is 23.8 Å². The van der Waals surface area contributed by atoms with E-state index in [1.807, 2.05) is 35.2 Å². The van der Waals surface area contributed by atoms with Gasteiger partial charge in [0, 0.05) is 24.5 Å². The molecule has 0 saturated heterocycles. The van der Waals surface area contributed by atoms with Crippen LogP contribution in [-0.4, -0.2) is 43.2 Å². The SMILES string of the molecule is COC(=O)c1cc2n(c1)C=Cc1ccccc1C2=CCCN(C)C. The Hall–Kier alpha value is -2.59. The Morgan fingerprint density at radius 1 is 1.29 bits per heavy atom. The van der Waals surface area contributed by atoms with Gasteiger partial charge in [0.15, 0.2) is 0 Å². The summed E-state index contributed by atoms with van der Waals surface area (Å²) < 4.78 is 6.85. The molecule has 2 heterocycles. The molecule has 4 nitrogen and oxygen atoms in total. The summed E-state index contributed by atoms with van der Waals surface area (Å²) in [5, 5.41) is 0. The lowest BCUT2D eigenvalue weighted by Crippen LogP contribution is -2.12. The molecule has 0 aliphatic carbocycles. The summed E-state index contributed by atoms with van der Waals surface area (Å²) in [5.74, 6) is -0.315. The van der Waals surface area contributed by atoms with E-state index in [1.165, 1.54) is 18.2 Å². The fourth-order valence-corrected chi connectivity index (χ4v) is 2.92. The number of hydrogen-bond acceptors (Lipinski definition) is 3. The van der Waals surface area contributed by atoms with Crippen LogP contribution in [0.2, 0.25) is 0 Å². The zero-order chi connectivity index (χ0) is 17.1. The lowest BCUT2D eigenvalue weighted by Gasteiger charge is -2.12. The number of ether oxygens (including phenoxy) is 1. The Labute approximate surface area is 142 Å². The fraction of sp³-hybridized carbons (Fsp3) is 0.250. The van der Waals surface area contributed by atoms with Crippen molar-refractivity contribution in [3.63, 3.8) is 0 Å². The molecule has 0 unspecified atom stereocenters. The molecule has 0 spiro atoms. The number of carbonyl (C=O) groups is 1. The van der Waals surface area contributed by atoms with Crippen molar-refractivity contribution in [3.05, 3.63) is 65.0 Å². The average molecular weight is 322 g/mol. The van der Waals surface area contributed by atoms with Crippen LogP contribution in [0.25, 0.3) is 17.8 Å². The minimum atomic E-state index is -0.315. The second kappa shape index (κ2) is 6.89. The summed E-state index contributed by atoms with van der Waals surface area (Å²) in [5.41, 5.74) is 5.08. The molecule has 0 saturated carbocycles. The van der Waals surface area contributed by atoms with E-state index >= 15 is 0 Å². The molecular formula is C20H22N2O2. The monoisotopic (exact) mass is 322 g/mol. The van der Waals surface area contributed by atoms with Crippen molar-refractivity contribution in [1.29, 1.82) is 0 Å². The summed E-state index contributed by atoms with van der Waals surface area (Å²) in [4.78, 5) is 14.1. The molecule has 4 heteroatoms. The van der Waals surface area contributed by atoms with E-state index in [9.17, 15) is 4.79 Å². The number of methoxy groups -OCH3 is 1. The number of rotatable bonds is 4. The third-order valence-electron chi connectivity index (χ3n) is 4.14. The van der Waals surface area contributed by atoms with E-state index in [2.05, 4.69) is 43.3 Å². The molecule has 2 aromatic rings. The number of fused-ring (bicyclic) bond motifs is 2. The van der Waals surface area contributed by atoms with Gasteiger partial charge in [-0.2, -0.15) is 0 Å². The molecule has 1 aliphatic heterocycles. The summed E-state index contributed by atoms with van der Waals surface area (Å²) in [7, 11) is 5.54. The second-order valence-electron chi connectivity index (χ2n) is 6.13. The molecule has 0 amide bonds. The van der Waals surface area contributed by atoms with Gasteiger partial charge in [-0.1, -0.05) is 30.3 Å². The van der Waals surface area contributed by atoms with Crippen LogP contribution in [0, 0.1) is 0 Å². The second-order valence-corrected chi connectivity index (χ2v) is 6.13. The van der Waals surface area contributed by atoms with E-state index in [-0.39, 0.29) is 5.97 Å². The van der Waals surface area contributed by atoms with Crippen LogP contribution in [0.4, 0.5) is 0 Å². The molecule has 0 fully saturated rings. The highest BCUT2D eigenvalue weighted by molar-refractivity contribution is 5.94. The molecular weight excluding hydrogens is 300 g/mol. The Morgan fingerprint density at radius 3 is 2.83 bits per heavy atom. The summed E-state index contributed by atoms with van der Waals surface area (Å²) in [6.45, 7) is 0.976. The number of esters is 1.